The highest BCUT2D eigenvalue weighted by atomic mass is 32.2. The molecule has 2 rings (SSSR count). The maximum absolute atomic E-state index is 12.5. The van der Waals surface area contributed by atoms with Crippen LogP contribution in [-0.2, 0) is 19.0 Å². The lowest BCUT2D eigenvalue weighted by Crippen LogP contribution is -2.37. The van der Waals surface area contributed by atoms with Gasteiger partial charge in [0.2, 0.25) is 5.91 Å². The van der Waals surface area contributed by atoms with E-state index in [1.165, 1.54) is 14.0 Å². The van der Waals surface area contributed by atoms with E-state index in [-0.39, 0.29) is 6.54 Å². The van der Waals surface area contributed by atoms with Crippen LogP contribution in [0, 0.1) is 0 Å². The predicted octanol–water partition coefficient (Wildman–Crippen LogP) is 3.79. The first-order valence-corrected chi connectivity index (χ1v) is 8.40. The van der Waals surface area contributed by atoms with Crippen molar-refractivity contribution in [1.82, 2.24) is 0 Å². The molecule has 0 fully saturated rings. The van der Waals surface area contributed by atoms with Gasteiger partial charge in [-0.3, -0.25) is 9.59 Å². The third kappa shape index (κ3) is 5.86. The van der Waals surface area contributed by atoms with Crippen molar-refractivity contribution in [3.8, 4) is 5.75 Å². The van der Waals surface area contributed by atoms with E-state index in [0.717, 1.165) is 16.9 Å². The number of azo groups is 1. The summed E-state index contributed by atoms with van der Waals surface area (Å²) in [5, 5.41) is 19.4. The highest BCUT2D eigenvalue weighted by Gasteiger charge is 2.22. The molecule has 142 valence electrons. The molecule has 0 radical (unpaired) electrons. The van der Waals surface area contributed by atoms with E-state index in [0.29, 0.717) is 22.0 Å². The molecule has 9 nitrogen and oxygen atoms in total. The van der Waals surface area contributed by atoms with Gasteiger partial charge in [-0.1, -0.05) is 17.2 Å². The molecule has 0 spiro atoms. The number of ether oxygens (including phenoxy) is 1. The number of carbonyl (C=O) groups excluding carboxylic acids is 2. The normalized spacial score (nSPS) is 10.8. The van der Waals surface area contributed by atoms with Gasteiger partial charge in [0.15, 0.2) is 0 Å². The summed E-state index contributed by atoms with van der Waals surface area (Å²) >= 11 is 0.811. The van der Waals surface area contributed by atoms with Crippen molar-refractivity contribution in [1.29, 1.82) is 0 Å². The van der Waals surface area contributed by atoms with E-state index >= 15 is 0 Å². The Morgan fingerprint density at radius 3 is 2.48 bits per heavy atom. The summed E-state index contributed by atoms with van der Waals surface area (Å²) in [4.78, 5) is 26.1. The molecule has 0 aliphatic rings. The van der Waals surface area contributed by atoms with Gasteiger partial charge in [-0.05, 0) is 36.4 Å². The minimum absolute atomic E-state index is 0.310. The molecule has 0 aromatic heterocycles. The number of benzene rings is 2. The summed E-state index contributed by atoms with van der Waals surface area (Å²) in [5.41, 5.74) is 0.851. The maximum atomic E-state index is 12.5. The van der Waals surface area contributed by atoms with Crippen molar-refractivity contribution < 1.29 is 29.0 Å². The molecule has 27 heavy (non-hydrogen) atoms. The fraction of sp³-hybridized carbons (Fsp3) is 0.176. The topological polar surface area (TPSA) is 110 Å². The van der Waals surface area contributed by atoms with Gasteiger partial charge in [0.05, 0.1) is 30.5 Å². The maximum Gasteiger partial charge on any atom is 0.257 e. The molecule has 0 saturated heterocycles. The number of para-hydroxylation sites is 2. The Balaban J connectivity index is 2.05. The van der Waals surface area contributed by atoms with Crippen LogP contribution in [0.2, 0.25) is 0 Å². The molecular formula is C17H17N3O6S. The summed E-state index contributed by atoms with van der Waals surface area (Å²) in [6.45, 7) is 0.978. The molecule has 2 aromatic carbocycles. The highest BCUT2D eigenvalue weighted by Crippen LogP contribution is 2.28. The van der Waals surface area contributed by atoms with Crippen molar-refractivity contribution in [3.63, 3.8) is 0 Å². The zero-order valence-corrected chi connectivity index (χ0v) is 15.4. The smallest absolute Gasteiger partial charge is 0.257 e. The summed E-state index contributed by atoms with van der Waals surface area (Å²) in [5.74, 6) is -0.580. The van der Waals surface area contributed by atoms with E-state index in [2.05, 4.69) is 19.6 Å². The fourth-order valence-corrected chi connectivity index (χ4v) is 2.52. The van der Waals surface area contributed by atoms with E-state index in [9.17, 15) is 9.59 Å². The van der Waals surface area contributed by atoms with Crippen LogP contribution >= 0.6 is 12.0 Å². The van der Waals surface area contributed by atoms with Crippen LogP contribution in [-0.4, -0.2) is 30.7 Å². The molecule has 0 aliphatic carbocycles. The number of amides is 2. The van der Waals surface area contributed by atoms with E-state index < -0.39 is 11.8 Å². The Morgan fingerprint density at radius 2 is 1.85 bits per heavy atom. The Morgan fingerprint density at radius 1 is 1.15 bits per heavy atom. The molecule has 2 aromatic rings. The number of hydrogen-bond acceptors (Lipinski definition) is 9. The van der Waals surface area contributed by atoms with Crippen LogP contribution in [0.1, 0.15) is 6.92 Å². The lowest BCUT2D eigenvalue weighted by Gasteiger charge is -2.20. The van der Waals surface area contributed by atoms with Crippen molar-refractivity contribution in [2.45, 2.75) is 11.8 Å². The SMILES string of the molecule is COc1ccccc1N(C(C)=O)C(=O)CN=Nc1ccc(SOOO)cc1. The van der Waals surface area contributed by atoms with Gasteiger partial charge in [0.1, 0.15) is 12.3 Å². The Bertz CT molecular complexity index is 813. The third-order valence-electron chi connectivity index (χ3n) is 3.28. The van der Waals surface area contributed by atoms with Crippen molar-refractivity contribution in [3.05, 3.63) is 48.5 Å². The number of hydrogen-bond donors (Lipinski definition) is 1. The first kappa shape index (κ1) is 20.5. The number of nitrogens with zero attached hydrogens (tertiary/aromatic N) is 3. The second-order valence-electron chi connectivity index (χ2n) is 5.04. The number of carbonyl (C=O) groups is 2. The number of imide groups is 1. The predicted molar refractivity (Wildman–Crippen MR) is 97.6 cm³/mol. The first-order chi connectivity index (χ1) is 13.1. The van der Waals surface area contributed by atoms with Crippen LogP contribution in [0.3, 0.4) is 0 Å². The van der Waals surface area contributed by atoms with Gasteiger partial charge in [-0.15, -0.1) is 4.33 Å². The van der Waals surface area contributed by atoms with Gasteiger partial charge in [-0.25, -0.2) is 10.2 Å². The van der Waals surface area contributed by atoms with Crippen LogP contribution in [0.5, 0.6) is 5.75 Å². The van der Waals surface area contributed by atoms with Crippen molar-refractivity contribution >= 4 is 35.2 Å². The van der Waals surface area contributed by atoms with E-state index in [1.54, 1.807) is 48.5 Å². The highest BCUT2D eigenvalue weighted by molar-refractivity contribution is 7.94. The molecule has 0 saturated carbocycles. The molecule has 0 heterocycles. The second-order valence-corrected chi connectivity index (χ2v) is 5.81. The zero-order valence-electron chi connectivity index (χ0n) is 14.6. The van der Waals surface area contributed by atoms with Crippen molar-refractivity contribution in [2.24, 2.45) is 10.2 Å². The average molecular weight is 391 g/mol. The molecule has 1 N–H and O–H groups in total. The van der Waals surface area contributed by atoms with Crippen molar-refractivity contribution in [2.75, 3.05) is 18.6 Å². The average Bonchev–Trinajstić information content (AvgIpc) is 2.67. The molecule has 0 aliphatic heterocycles. The molecule has 0 unspecified atom stereocenters. The summed E-state index contributed by atoms with van der Waals surface area (Å²) in [6.07, 6.45) is 0. The summed E-state index contributed by atoms with van der Waals surface area (Å²) < 4.78 is 9.51. The lowest BCUT2D eigenvalue weighted by atomic mass is 10.2. The van der Waals surface area contributed by atoms with Gasteiger partial charge < -0.3 is 4.74 Å². The largest absolute Gasteiger partial charge is 0.495 e. The minimum Gasteiger partial charge on any atom is -0.495 e. The lowest BCUT2D eigenvalue weighted by molar-refractivity contribution is -0.432. The van der Waals surface area contributed by atoms with Crippen LogP contribution < -0.4 is 9.64 Å². The Labute approximate surface area is 159 Å². The fourth-order valence-electron chi connectivity index (χ4n) is 2.17. The first-order valence-electron chi connectivity index (χ1n) is 7.65. The number of rotatable bonds is 8. The Hall–Kier alpha value is -2.79. The van der Waals surface area contributed by atoms with Gasteiger partial charge >= 0.3 is 0 Å². The minimum atomic E-state index is -0.531. The molecule has 0 atom stereocenters. The van der Waals surface area contributed by atoms with Gasteiger partial charge in [0, 0.05) is 11.8 Å². The van der Waals surface area contributed by atoms with Crippen LogP contribution in [0.25, 0.3) is 0 Å². The quantitative estimate of drug-likeness (QED) is 0.315. The second kappa shape index (κ2) is 10.4. The summed E-state index contributed by atoms with van der Waals surface area (Å²) in [6, 6.07) is 13.3. The van der Waals surface area contributed by atoms with Crippen LogP contribution in [0.4, 0.5) is 11.4 Å². The molecule has 2 amide bonds. The molecule has 0 bridgehead atoms. The summed E-state index contributed by atoms with van der Waals surface area (Å²) in [7, 11) is 1.46. The standard InChI is InChI=1S/C17H17N3O6S/c1-12(21)20(15-5-3-4-6-16(15)24-2)17(22)11-18-19-13-7-9-14(10-8-13)27-26-25-23/h3-10,23H,11H2,1-2H3. The third-order valence-corrected chi connectivity index (χ3v) is 3.87. The molecular weight excluding hydrogens is 374 g/mol. The van der Waals surface area contributed by atoms with Gasteiger partial charge in [-0.2, -0.15) is 10.2 Å². The van der Waals surface area contributed by atoms with Gasteiger partial charge in [0.25, 0.3) is 5.91 Å². The monoisotopic (exact) mass is 391 g/mol. The molecule has 10 heteroatoms. The van der Waals surface area contributed by atoms with E-state index in [4.69, 9.17) is 9.99 Å². The van der Waals surface area contributed by atoms with E-state index in [1.807, 2.05) is 0 Å². The van der Waals surface area contributed by atoms with Crippen LogP contribution in [0.15, 0.2) is 63.7 Å². The zero-order chi connectivity index (χ0) is 19.6. The number of methoxy groups -OCH3 is 1. The number of anilines is 1. The Kier molecular flexibility index (Phi) is 7.89.